The summed E-state index contributed by atoms with van der Waals surface area (Å²) < 4.78 is 19.6. The molecule has 2 unspecified atom stereocenters. The van der Waals surface area contributed by atoms with Crippen molar-refractivity contribution < 1.29 is 18.4 Å². The van der Waals surface area contributed by atoms with Crippen LogP contribution in [0.25, 0.3) is 11.3 Å². The third-order valence-electron chi connectivity index (χ3n) is 5.70. The van der Waals surface area contributed by atoms with Crippen molar-refractivity contribution >= 4 is 11.8 Å². The van der Waals surface area contributed by atoms with Gasteiger partial charge in [0.25, 0.3) is 5.91 Å². The quantitative estimate of drug-likeness (QED) is 0.811. The number of benzene rings is 1. The maximum Gasteiger partial charge on any atom is 0.289 e. The van der Waals surface area contributed by atoms with Crippen LogP contribution in [0.2, 0.25) is 0 Å². The number of rotatable bonds is 5. The first kappa shape index (κ1) is 19.6. The first-order valence-electron chi connectivity index (χ1n) is 10.3. The second-order valence-corrected chi connectivity index (χ2v) is 7.80. The Bertz CT molecular complexity index is 876. The van der Waals surface area contributed by atoms with Gasteiger partial charge >= 0.3 is 0 Å². The van der Waals surface area contributed by atoms with E-state index in [2.05, 4.69) is 10.6 Å². The van der Waals surface area contributed by atoms with Crippen LogP contribution in [0.3, 0.4) is 0 Å². The molecule has 0 bridgehead atoms. The Balaban J connectivity index is 1.35. The number of likely N-dealkylation sites (tertiary alicyclic amines) is 1. The van der Waals surface area contributed by atoms with Gasteiger partial charge in [-0.25, -0.2) is 4.39 Å². The lowest BCUT2D eigenvalue weighted by molar-refractivity contribution is -0.123. The molecule has 6 nitrogen and oxygen atoms in total. The van der Waals surface area contributed by atoms with Gasteiger partial charge in [0.1, 0.15) is 11.6 Å². The van der Waals surface area contributed by atoms with E-state index in [0.717, 1.165) is 32.2 Å². The number of carbonyl (C=O) groups is 2. The predicted octanol–water partition coefficient (Wildman–Crippen LogP) is 2.81. The van der Waals surface area contributed by atoms with E-state index in [1.165, 1.54) is 6.07 Å². The summed E-state index contributed by atoms with van der Waals surface area (Å²) >= 11 is 0. The SMILES string of the molecule is O=C(NCC1CCCN(C(=O)c2ccc(-c3ccccc3F)o2)C1)C1CCCN1. The molecular weight excluding hydrogens is 373 g/mol. The zero-order valence-corrected chi connectivity index (χ0v) is 16.3. The molecule has 2 aromatic rings. The summed E-state index contributed by atoms with van der Waals surface area (Å²) in [5, 5.41) is 6.22. The number of hydrogen-bond acceptors (Lipinski definition) is 4. The molecule has 29 heavy (non-hydrogen) atoms. The van der Waals surface area contributed by atoms with Crippen molar-refractivity contribution in [1.82, 2.24) is 15.5 Å². The fraction of sp³-hybridized carbons (Fsp3) is 0.455. The third-order valence-corrected chi connectivity index (χ3v) is 5.70. The molecule has 1 aromatic heterocycles. The molecule has 2 N–H and O–H groups in total. The van der Waals surface area contributed by atoms with Gasteiger partial charge in [-0.2, -0.15) is 0 Å². The minimum atomic E-state index is -0.383. The number of furan rings is 1. The van der Waals surface area contributed by atoms with E-state index in [0.29, 0.717) is 31.0 Å². The highest BCUT2D eigenvalue weighted by Crippen LogP contribution is 2.26. The van der Waals surface area contributed by atoms with E-state index < -0.39 is 0 Å². The smallest absolute Gasteiger partial charge is 0.289 e. The summed E-state index contributed by atoms with van der Waals surface area (Å²) in [7, 11) is 0. The van der Waals surface area contributed by atoms with Crippen LogP contribution in [-0.4, -0.2) is 48.9 Å². The van der Waals surface area contributed by atoms with Gasteiger partial charge in [-0.05, 0) is 62.4 Å². The minimum absolute atomic E-state index is 0.0477. The summed E-state index contributed by atoms with van der Waals surface area (Å²) in [4.78, 5) is 26.8. The molecule has 0 spiro atoms. The van der Waals surface area contributed by atoms with E-state index in [1.807, 2.05) is 0 Å². The number of halogens is 1. The van der Waals surface area contributed by atoms with Gasteiger partial charge < -0.3 is 20.0 Å². The molecular formula is C22H26FN3O3. The van der Waals surface area contributed by atoms with E-state index in [4.69, 9.17) is 4.42 Å². The molecule has 4 rings (SSSR count). The Morgan fingerprint density at radius 3 is 2.83 bits per heavy atom. The molecule has 0 aliphatic carbocycles. The molecule has 2 fully saturated rings. The van der Waals surface area contributed by atoms with Gasteiger partial charge in [0.05, 0.1) is 11.6 Å². The van der Waals surface area contributed by atoms with Crippen LogP contribution in [0.5, 0.6) is 0 Å². The van der Waals surface area contributed by atoms with Crippen molar-refractivity contribution in [2.45, 2.75) is 31.7 Å². The lowest BCUT2D eigenvalue weighted by Crippen LogP contribution is -2.46. The van der Waals surface area contributed by atoms with Crippen molar-refractivity contribution in [2.24, 2.45) is 5.92 Å². The maximum absolute atomic E-state index is 14.0. The Labute approximate surface area is 169 Å². The predicted molar refractivity (Wildman–Crippen MR) is 107 cm³/mol. The molecule has 0 radical (unpaired) electrons. The molecule has 2 amide bonds. The van der Waals surface area contributed by atoms with Crippen molar-refractivity contribution in [3.63, 3.8) is 0 Å². The number of carbonyl (C=O) groups excluding carboxylic acids is 2. The molecule has 1 aromatic carbocycles. The fourth-order valence-electron chi connectivity index (χ4n) is 4.11. The number of amides is 2. The molecule has 2 aliphatic heterocycles. The summed E-state index contributed by atoms with van der Waals surface area (Å²) in [6.07, 6.45) is 3.77. The van der Waals surface area contributed by atoms with Crippen molar-refractivity contribution in [1.29, 1.82) is 0 Å². The number of hydrogen-bond donors (Lipinski definition) is 2. The highest BCUT2D eigenvalue weighted by Gasteiger charge is 2.28. The summed E-state index contributed by atoms with van der Waals surface area (Å²) in [6, 6.07) is 9.47. The minimum Gasteiger partial charge on any atom is -0.451 e. The van der Waals surface area contributed by atoms with Gasteiger partial charge in [-0.15, -0.1) is 0 Å². The Morgan fingerprint density at radius 1 is 1.17 bits per heavy atom. The van der Waals surface area contributed by atoms with Crippen LogP contribution in [0, 0.1) is 11.7 Å². The zero-order chi connectivity index (χ0) is 20.2. The topological polar surface area (TPSA) is 74.6 Å². The summed E-state index contributed by atoms with van der Waals surface area (Å²) in [6.45, 7) is 2.69. The fourth-order valence-corrected chi connectivity index (χ4v) is 4.11. The van der Waals surface area contributed by atoms with E-state index >= 15 is 0 Å². The van der Waals surface area contributed by atoms with Crippen LogP contribution < -0.4 is 10.6 Å². The van der Waals surface area contributed by atoms with Crippen molar-refractivity contribution in [3.05, 3.63) is 48.0 Å². The molecule has 0 saturated carbocycles. The monoisotopic (exact) mass is 399 g/mol. The average Bonchev–Trinajstić information content (AvgIpc) is 3.44. The first-order valence-corrected chi connectivity index (χ1v) is 10.3. The summed E-state index contributed by atoms with van der Waals surface area (Å²) in [5.41, 5.74) is 0.339. The van der Waals surface area contributed by atoms with Crippen LogP contribution in [0.15, 0.2) is 40.8 Å². The normalized spacial score (nSPS) is 21.9. The Hall–Kier alpha value is -2.67. The maximum atomic E-state index is 14.0. The second kappa shape index (κ2) is 8.78. The van der Waals surface area contributed by atoms with Crippen LogP contribution in [0.4, 0.5) is 4.39 Å². The van der Waals surface area contributed by atoms with Crippen LogP contribution in [0.1, 0.15) is 36.2 Å². The first-order chi connectivity index (χ1) is 14.1. The Morgan fingerprint density at radius 2 is 2.03 bits per heavy atom. The van der Waals surface area contributed by atoms with Gasteiger partial charge in [0.15, 0.2) is 5.76 Å². The molecule has 154 valence electrons. The highest BCUT2D eigenvalue weighted by atomic mass is 19.1. The van der Waals surface area contributed by atoms with Gasteiger partial charge in [0, 0.05) is 19.6 Å². The Kier molecular flexibility index (Phi) is 5.94. The molecule has 2 aliphatic rings. The number of piperidine rings is 1. The van der Waals surface area contributed by atoms with Gasteiger partial charge in [0.2, 0.25) is 5.91 Å². The number of nitrogens with one attached hydrogen (secondary N) is 2. The lowest BCUT2D eigenvalue weighted by Gasteiger charge is -2.32. The highest BCUT2D eigenvalue weighted by molar-refractivity contribution is 5.92. The van der Waals surface area contributed by atoms with E-state index in [9.17, 15) is 14.0 Å². The van der Waals surface area contributed by atoms with E-state index in [-0.39, 0.29) is 35.4 Å². The average molecular weight is 399 g/mol. The largest absolute Gasteiger partial charge is 0.451 e. The van der Waals surface area contributed by atoms with Gasteiger partial charge in [-0.1, -0.05) is 12.1 Å². The molecule has 2 saturated heterocycles. The van der Waals surface area contributed by atoms with Crippen molar-refractivity contribution in [2.75, 3.05) is 26.2 Å². The molecule has 3 heterocycles. The number of nitrogens with zero attached hydrogens (tertiary/aromatic N) is 1. The standard InChI is InChI=1S/C22H26FN3O3/c23-17-7-2-1-6-16(17)19-9-10-20(29-19)22(28)26-12-4-5-15(14-26)13-25-21(27)18-8-3-11-24-18/h1-2,6-7,9-10,15,18,24H,3-5,8,11-14H2,(H,25,27). The lowest BCUT2D eigenvalue weighted by atomic mass is 9.97. The zero-order valence-electron chi connectivity index (χ0n) is 16.3. The van der Waals surface area contributed by atoms with E-state index in [1.54, 1.807) is 35.2 Å². The van der Waals surface area contributed by atoms with Gasteiger partial charge in [-0.3, -0.25) is 9.59 Å². The second-order valence-electron chi connectivity index (χ2n) is 7.80. The molecule has 2 atom stereocenters. The van der Waals surface area contributed by atoms with Crippen LogP contribution in [-0.2, 0) is 4.79 Å². The van der Waals surface area contributed by atoms with Crippen molar-refractivity contribution in [3.8, 4) is 11.3 Å². The molecule has 7 heteroatoms. The van der Waals surface area contributed by atoms with Crippen LogP contribution >= 0.6 is 0 Å². The third kappa shape index (κ3) is 4.50. The summed E-state index contributed by atoms with van der Waals surface area (Å²) in [5.74, 6) is 0.248.